The maximum absolute atomic E-state index is 10.5. The van der Waals surface area contributed by atoms with Crippen molar-refractivity contribution in [1.82, 2.24) is 13.7 Å². The number of hydrogen-bond acceptors (Lipinski definition) is 2. The molecule has 11 rings (SSSR count). The van der Waals surface area contributed by atoms with Gasteiger partial charge in [-0.15, -0.1) is 0 Å². The van der Waals surface area contributed by atoms with Crippen LogP contribution in [0.2, 0.25) is 0 Å². The SMILES string of the molecule is N#Cc1cc(-c2ccccc2-n2c3ccccc3c3c(C#N)cccc32)cc(-n2c3ccccc3c3cc(-n4c5ccccc5c5ccccc54)ccc32)c1. The van der Waals surface area contributed by atoms with Gasteiger partial charge in [0.2, 0.25) is 0 Å². The molecular weight excluding hydrogens is 671 g/mol. The van der Waals surface area contributed by atoms with Gasteiger partial charge in [0.1, 0.15) is 0 Å². The number of nitrogens with zero attached hydrogens (tertiary/aromatic N) is 5. The third-order valence-electron chi connectivity index (χ3n) is 11.1. The summed E-state index contributed by atoms with van der Waals surface area (Å²) in [6.45, 7) is 0. The predicted octanol–water partition coefficient (Wildman–Crippen LogP) is 12.4. The summed E-state index contributed by atoms with van der Waals surface area (Å²) in [6.07, 6.45) is 0. The molecule has 0 fully saturated rings. The summed E-state index contributed by atoms with van der Waals surface area (Å²) >= 11 is 0. The zero-order chi connectivity index (χ0) is 36.6. The van der Waals surface area contributed by atoms with E-state index in [1.54, 1.807) is 0 Å². The Morgan fingerprint density at radius 2 is 0.909 bits per heavy atom. The normalized spacial score (nSPS) is 11.6. The van der Waals surface area contributed by atoms with E-state index in [9.17, 15) is 10.5 Å². The van der Waals surface area contributed by atoms with E-state index in [0.717, 1.165) is 71.8 Å². The zero-order valence-electron chi connectivity index (χ0n) is 29.5. The summed E-state index contributed by atoms with van der Waals surface area (Å²) in [5, 5.41) is 27.3. The van der Waals surface area contributed by atoms with Crippen LogP contribution in [0.15, 0.2) is 176 Å². The van der Waals surface area contributed by atoms with Gasteiger partial charge in [-0.05, 0) is 84.4 Å². The molecular formula is C50H29N5. The molecule has 0 aliphatic rings. The number of fused-ring (bicyclic) bond motifs is 9. The van der Waals surface area contributed by atoms with Crippen molar-refractivity contribution in [2.24, 2.45) is 0 Å². The molecule has 0 amide bonds. The van der Waals surface area contributed by atoms with Crippen molar-refractivity contribution < 1.29 is 0 Å². The summed E-state index contributed by atoms with van der Waals surface area (Å²) in [6, 6.07) is 65.9. The van der Waals surface area contributed by atoms with E-state index in [1.165, 1.54) is 21.8 Å². The number of para-hydroxylation sites is 5. The monoisotopic (exact) mass is 699 g/mol. The average Bonchev–Trinajstić information content (AvgIpc) is 3.89. The summed E-state index contributed by atoms with van der Waals surface area (Å²) in [7, 11) is 0. The molecule has 0 unspecified atom stereocenters. The van der Waals surface area contributed by atoms with Crippen molar-refractivity contribution in [3.8, 4) is 40.3 Å². The fourth-order valence-electron chi connectivity index (χ4n) is 8.82. The standard InChI is InChI=1S/C50H29N5/c51-30-32-26-34(37-13-1-6-18-43(37)55-47-22-10-5-17-41(47)50-33(31-52)12-11-23-49(50)55)28-36(27-32)54-46-21-9-4-16-40(46)42-29-35(24-25-48(42)54)53-44-19-7-2-14-38(44)39-15-3-8-20-45(39)53/h1-29H. The minimum atomic E-state index is 0.573. The minimum Gasteiger partial charge on any atom is -0.309 e. The molecule has 0 atom stereocenters. The maximum atomic E-state index is 10.5. The van der Waals surface area contributed by atoms with Crippen LogP contribution in [0.25, 0.3) is 93.6 Å². The van der Waals surface area contributed by atoms with Gasteiger partial charge in [-0.3, -0.25) is 0 Å². The van der Waals surface area contributed by atoms with Crippen LogP contribution in [0.4, 0.5) is 0 Å². The predicted molar refractivity (Wildman–Crippen MR) is 224 cm³/mol. The average molecular weight is 700 g/mol. The second-order valence-corrected chi connectivity index (χ2v) is 14.0. The van der Waals surface area contributed by atoms with Gasteiger partial charge in [0.15, 0.2) is 0 Å². The highest BCUT2D eigenvalue weighted by atomic mass is 15.0. The largest absolute Gasteiger partial charge is 0.309 e. The topological polar surface area (TPSA) is 62.4 Å². The van der Waals surface area contributed by atoms with Gasteiger partial charge in [0, 0.05) is 49.3 Å². The van der Waals surface area contributed by atoms with Crippen molar-refractivity contribution in [3.63, 3.8) is 0 Å². The highest BCUT2D eigenvalue weighted by molar-refractivity contribution is 6.13. The Balaban J connectivity index is 1.15. The quantitative estimate of drug-likeness (QED) is 0.184. The van der Waals surface area contributed by atoms with Crippen LogP contribution in [0.5, 0.6) is 0 Å². The molecule has 3 heterocycles. The lowest BCUT2D eigenvalue weighted by Gasteiger charge is -2.16. The Kier molecular flexibility index (Phi) is 6.61. The highest BCUT2D eigenvalue weighted by Gasteiger charge is 2.20. The van der Waals surface area contributed by atoms with Crippen LogP contribution in [0.3, 0.4) is 0 Å². The second-order valence-electron chi connectivity index (χ2n) is 14.0. The lowest BCUT2D eigenvalue weighted by atomic mass is 10.00. The molecule has 55 heavy (non-hydrogen) atoms. The maximum Gasteiger partial charge on any atom is 0.0998 e. The van der Waals surface area contributed by atoms with Gasteiger partial charge < -0.3 is 13.7 Å². The van der Waals surface area contributed by atoms with Crippen molar-refractivity contribution in [3.05, 3.63) is 187 Å². The molecule has 8 aromatic carbocycles. The molecule has 0 saturated heterocycles. The van der Waals surface area contributed by atoms with Crippen LogP contribution >= 0.6 is 0 Å². The third kappa shape index (κ3) is 4.45. The lowest BCUT2D eigenvalue weighted by molar-refractivity contribution is 1.16. The third-order valence-corrected chi connectivity index (χ3v) is 11.1. The fourth-order valence-corrected chi connectivity index (χ4v) is 8.82. The van der Waals surface area contributed by atoms with Crippen LogP contribution in [0.1, 0.15) is 11.1 Å². The minimum absolute atomic E-state index is 0.573. The van der Waals surface area contributed by atoms with E-state index in [4.69, 9.17) is 0 Å². The van der Waals surface area contributed by atoms with E-state index in [0.29, 0.717) is 11.1 Å². The Hall–Kier alpha value is -7.86. The van der Waals surface area contributed by atoms with Gasteiger partial charge in [-0.2, -0.15) is 10.5 Å². The molecule has 0 saturated carbocycles. The number of nitriles is 2. The molecule has 254 valence electrons. The van der Waals surface area contributed by atoms with E-state index >= 15 is 0 Å². The number of rotatable bonds is 4. The summed E-state index contributed by atoms with van der Waals surface area (Å²) in [4.78, 5) is 0. The van der Waals surface area contributed by atoms with Crippen molar-refractivity contribution in [2.75, 3.05) is 0 Å². The van der Waals surface area contributed by atoms with Gasteiger partial charge in [-0.25, -0.2) is 0 Å². The van der Waals surface area contributed by atoms with Crippen molar-refractivity contribution in [2.45, 2.75) is 0 Å². The molecule has 0 bridgehead atoms. The molecule has 0 aliphatic heterocycles. The number of benzene rings is 8. The Bertz CT molecular complexity index is 3420. The Labute approximate surface area is 316 Å². The van der Waals surface area contributed by atoms with Crippen LogP contribution < -0.4 is 0 Å². The molecule has 3 aromatic heterocycles. The summed E-state index contributed by atoms with van der Waals surface area (Å²) in [5.41, 5.74) is 12.6. The van der Waals surface area contributed by atoms with Crippen molar-refractivity contribution >= 4 is 65.4 Å². The Morgan fingerprint density at radius 3 is 1.58 bits per heavy atom. The first-order chi connectivity index (χ1) is 27.2. The van der Waals surface area contributed by atoms with Gasteiger partial charge in [0.05, 0.1) is 62.1 Å². The summed E-state index contributed by atoms with van der Waals surface area (Å²) in [5.74, 6) is 0. The second kappa shape index (κ2) is 11.8. The lowest BCUT2D eigenvalue weighted by Crippen LogP contribution is -2.00. The first kappa shape index (κ1) is 30.7. The van der Waals surface area contributed by atoms with Gasteiger partial charge in [0.25, 0.3) is 0 Å². The fraction of sp³-hybridized carbons (Fsp3) is 0. The molecule has 0 spiro atoms. The summed E-state index contributed by atoms with van der Waals surface area (Å²) < 4.78 is 6.89. The van der Waals surface area contributed by atoms with E-state index in [2.05, 4.69) is 153 Å². The van der Waals surface area contributed by atoms with Crippen LogP contribution in [0, 0.1) is 22.7 Å². The van der Waals surface area contributed by atoms with Crippen LogP contribution in [-0.2, 0) is 0 Å². The molecule has 5 heteroatoms. The zero-order valence-corrected chi connectivity index (χ0v) is 29.5. The molecule has 11 aromatic rings. The van der Waals surface area contributed by atoms with Crippen molar-refractivity contribution in [1.29, 1.82) is 10.5 Å². The highest BCUT2D eigenvalue weighted by Crippen LogP contribution is 2.40. The Morgan fingerprint density at radius 1 is 0.364 bits per heavy atom. The smallest absolute Gasteiger partial charge is 0.0998 e. The van der Waals surface area contributed by atoms with Crippen LogP contribution in [-0.4, -0.2) is 13.7 Å². The van der Waals surface area contributed by atoms with E-state index in [-0.39, 0.29) is 0 Å². The number of hydrogen-bond donors (Lipinski definition) is 0. The number of aromatic nitrogens is 3. The first-order valence-corrected chi connectivity index (χ1v) is 18.3. The van der Waals surface area contributed by atoms with E-state index in [1.807, 2.05) is 48.5 Å². The van der Waals surface area contributed by atoms with Gasteiger partial charge in [-0.1, -0.05) is 97.1 Å². The molecule has 0 radical (unpaired) electrons. The molecule has 0 aliphatic carbocycles. The first-order valence-electron chi connectivity index (χ1n) is 18.3. The van der Waals surface area contributed by atoms with Gasteiger partial charge >= 0.3 is 0 Å². The molecule has 0 N–H and O–H groups in total. The van der Waals surface area contributed by atoms with E-state index < -0.39 is 0 Å². The molecule has 5 nitrogen and oxygen atoms in total.